The number of rotatable bonds is 4. The summed E-state index contributed by atoms with van der Waals surface area (Å²) in [6.07, 6.45) is 1.45. The average molecular weight is 245 g/mol. The van der Waals surface area contributed by atoms with Gasteiger partial charge in [0.25, 0.3) is 0 Å². The highest BCUT2D eigenvalue weighted by Gasteiger charge is 2.07. The van der Waals surface area contributed by atoms with Gasteiger partial charge in [-0.3, -0.25) is 4.79 Å². The van der Waals surface area contributed by atoms with Crippen LogP contribution in [0, 0.1) is 11.8 Å². The largest absolute Gasteiger partial charge is 0.384 e. The molecule has 1 aromatic carbocycles. The number of hydrogen-bond acceptors (Lipinski definition) is 2. The second-order valence-electron chi connectivity index (χ2n) is 4.16. The SMILES string of the molecule is CCCC(=O)N(C)Cc1cccc(C#CCO)c1. The van der Waals surface area contributed by atoms with Crippen LogP contribution >= 0.6 is 0 Å². The van der Waals surface area contributed by atoms with Crippen LogP contribution in [0.25, 0.3) is 0 Å². The Morgan fingerprint density at radius 2 is 2.22 bits per heavy atom. The second-order valence-corrected chi connectivity index (χ2v) is 4.16. The Hall–Kier alpha value is -1.79. The molecule has 0 bridgehead atoms. The quantitative estimate of drug-likeness (QED) is 0.822. The summed E-state index contributed by atoms with van der Waals surface area (Å²) in [4.78, 5) is 13.4. The first-order valence-electron chi connectivity index (χ1n) is 6.10. The molecular weight excluding hydrogens is 226 g/mol. The molecule has 3 heteroatoms. The molecule has 1 N–H and O–H groups in total. The maximum Gasteiger partial charge on any atom is 0.222 e. The molecule has 0 saturated carbocycles. The lowest BCUT2D eigenvalue weighted by Crippen LogP contribution is -2.25. The zero-order valence-corrected chi connectivity index (χ0v) is 10.9. The van der Waals surface area contributed by atoms with Gasteiger partial charge in [0.2, 0.25) is 5.91 Å². The van der Waals surface area contributed by atoms with Crippen LogP contribution in [0.15, 0.2) is 24.3 Å². The summed E-state index contributed by atoms with van der Waals surface area (Å²) in [6.45, 7) is 2.45. The predicted molar refractivity (Wildman–Crippen MR) is 71.8 cm³/mol. The zero-order chi connectivity index (χ0) is 13.4. The first-order valence-corrected chi connectivity index (χ1v) is 6.10. The van der Waals surface area contributed by atoms with Gasteiger partial charge >= 0.3 is 0 Å². The molecule has 0 fully saturated rings. The van der Waals surface area contributed by atoms with Crippen molar-refractivity contribution < 1.29 is 9.90 Å². The average Bonchev–Trinajstić information content (AvgIpc) is 2.37. The van der Waals surface area contributed by atoms with Crippen LogP contribution in [0.1, 0.15) is 30.9 Å². The smallest absolute Gasteiger partial charge is 0.222 e. The summed E-state index contributed by atoms with van der Waals surface area (Å²) in [6, 6.07) is 7.72. The van der Waals surface area contributed by atoms with E-state index in [1.165, 1.54) is 0 Å². The summed E-state index contributed by atoms with van der Waals surface area (Å²) >= 11 is 0. The number of hydrogen-bond donors (Lipinski definition) is 1. The minimum Gasteiger partial charge on any atom is -0.384 e. The van der Waals surface area contributed by atoms with Crippen LogP contribution in [0.3, 0.4) is 0 Å². The van der Waals surface area contributed by atoms with Crippen molar-refractivity contribution in [2.45, 2.75) is 26.3 Å². The summed E-state index contributed by atoms with van der Waals surface area (Å²) in [7, 11) is 1.81. The highest BCUT2D eigenvalue weighted by Crippen LogP contribution is 2.08. The Morgan fingerprint density at radius 3 is 2.89 bits per heavy atom. The molecular formula is C15H19NO2. The van der Waals surface area contributed by atoms with Gasteiger partial charge in [-0.15, -0.1) is 0 Å². The number of amides is 1. The van der Waals surface area contributed by atoms with Gasteiger partial charge in [0, 0.05) is 25.6 Å². The van der Waals surface area contributed by atoms with Crippen molar-refractivity contribution >= 4 is 5.91 Å². The standard InChI is InChI=1S/C15H19NO2/c1-3-6-15(18)16(2)12-14-8-4-7-13(11-14)9-5-10-17/h4,7-8,11,17H,3,6,10,12H2,1-2H3. The highest BCUT2D eigenvalue weighted by molar-refractivity contribution is 5.75. The molecule has 1 aromatic rings. The molecule has 0 atom stereocenters. The van der Waals surface area contributed by atoms with E-state index in [1.807, 2.05) is 38.2 Å². The maximum absolute atomic E-state index is 11.7. The predicted octanol–water partition coefficient (Wildman–Crippen LogP) is 1.79. The number of carbonyl (C=O) groups excluding carboxylic acids is 1. The molecule has 3 nitrogen and oxygen atoms in total. The van der Waals surface area contributed by atoms with E-state index in [0.29, 0.717) is 13.0 Å². The molecule has 96 valence electrons. The van der Waals surface area contributed by atoms with E-state index in [-0.39, 0.29) is 12.5 Å². The van der Waals surface area contributed by atoms with Gasteiger partial charge in [0.15, 0.2) is 0 Å². The summed E-state index contributed by atoms with van der Waals surface area (Å²) < 4.78 is 0. The van der Waals surface area contributed by atoms with Crippen molar-refractivity contribution in [3.8, 4) is 11.8 Å². The highest BCUT2D eigenvalue weighted by atomic mass is 16.2. The number of nitrogens with zero attached hydrogens (tertiary/aromatic N) is 1. The lowest BCUT2D eigenvalue weighted by molar-refractivity contribution is -0.130. The summed E-state index contributed by atoms with van der Waals surface area (Å²) in [5.74, 6) is 5.63. The topological polar surface area (TPSA) is 40.5 Å². The summed E-state index contributed by atoms with van der Waals surface area (Å²) in [5.41, 5.74) is 1.91. The molecule has 0 aromatic heterocycles. The van der Waals surface area contributed by atoms with E-state index in [0.717, 1.165) is 17.5 Å². The first-order chi connectivity index (χ1) is 8.67. The fourth-order valence-corrected chi connectivity index (χ4v) is 1.66. The molecule has 0 unspecified atom stereocenters. The van der Waals surface area contributed by atoms with E-state index < -0.39 is 0 Å². The molecule has 1 amide bonds. The second kappa shape index (κ2) is 7.52. The lowest BCUT2D eigenvalue weighted by Gasteiger charge is -2.17. The third-order valence-corrected chi connectivity index (χ3v) is 2.55. The minimum absolute atomic E-state index is 0.140. The maximum atomic E-state index is 11.7. The molecule has 0 heterocycles. The van der Waals surface area contributed by atoms with Gasteiger partial charge in [0.05, 0.1) is 0 Å². The van der Waals surface area contributed by atoms with Gasteiger partial charge in [-0.1, -0.05) is 30.9 Å². The van der Waals surface area contributed by atoms with Gasteiger partial charge in [0.1, 0.15) is 6.61 Å². The Labute approximate surface area is 108 Å². The van der Waals surface area contributed by atoms with Crippen LogP contribution in [0.4, 0.5) is 0 Å². The number of carbonyl (C=O) groups is 1. The zero-order valence-electron chi connectivity index (χ0n) is 10.9. The van der Waals surface area contributed by atoms with Crippen LogP contribution in [-0.2, 0) is 11.3 Å². The van der Waals surface area contributed by atoms with E-state index in [1.54, 1.807) is 4.90 Å². The third kappa shape index (κ3) is 4.60. The molecule has 0 aliphatic rings. The van der Waals surface area contributed by atoms with Crippen molar-refractivity contribution in [2.24, 2.45) is 0 Å². The fraction of sp³-hybridized carbons (Fsp3) is 0.400. The number of benzene rings is 1. The van der Waals surface area contributed by atoms with Crippen molar-refractivity contribution in [1.82, 2.24) is 4.90 Å². The number of aliphatic hydroxyl groups excluding tert-OH is 1. The van der Waals surface area contributed by atoms with Crippen LogP contribution in [-0.4, -0.2) is 29.6 Å². The van der Waals surface area contributed by atoms with Crippen LogP contribution in [0.2, 0.25) is 0 Å². The Bertz CT molecular complexity index is 457. The van der Waals surface area contributed by atoms with Gasteiger partial charge < -0.3 is 10.0 Å². The van der Waals surface area contributed by atoms with Crippen LogP contribution in [0.5, 0.6) is 0 Å². The van der Waals surface area contributed by atoms with Gasteiger partial charge in [-0.2, -0.15) is 0 Å². The molecule has 1 rings (SSSR count). The van der Waals surface area contributed by atoms with Crippen LogP contribution < -0.4 is 0 Å². The first kappa shape index (κ1) is 14.3. The lowest BCUT2D eigenvalue weighted by atomic mass is 10.1. The molecule has 0 spiro atoms. The van der Waals surface area contributed by atoms with Gasteiger partial charge in [-0.25, -0.2) is 0 Å². The Morgan fingerprint density at radius 1 is 1.44 bits per heavy atom. The van der Waals surface area contributed by atoms with Crippen molar-refractivity contribution in [1.29, 1.82) is 0 Å². The molecule has 0 aliphatic heterocycles. The molecule has 18 heavy (non-hydrogen) atoms. The molecule has 0 aliphatic carbocycles. The minimum atomic E-state index is -0.140. The Balaban J connectivity index is 2.70. The van der Waals surface area contributed by atoms with Crippen molar-refractivity contribution in [2.75, 3.05) is 13.7 Å². The van der Waals surface area contributed by atoms with Gasteiger partial charge in [-0.05, 0) is 24.1 Å². The summed E-state index contributed by atoms with van der Waals surface area (Å²) in [5, 5.41) is 8.65. The number of aliphatic hydroxyl groups is 1. The monoisotopic (exact) mass is 245 g/mol. The van der Waals surface area contributed by atoms with E-state index in [4.69, 9.17) is 5.11 Å². The Kier molecular flexibility index (Phi) is 5.96. The van der Waals surface area contributed by atoms with Crippen molar-refractivity contribution in [3.05, 3.63) is 35.4 Å². The van der Waals surface area contributed by atoms with E-state index in [9.17, 15) is 4.79 Å². The molecule has 0 radical (unpaired) electrons. The molecule has 0 saturated heterocycles. The fourth-order valence-electron chi connectivity index (χ4n) is 1.66. The third-order valence-electron chi connectivity index (χ3n) is 2.55. The van der Waals surface area contributed by atoms with E-state index >= 15 is 0 Å². The van der Waals surface area contributed by atoms with Crippen molar-refractivity contribution in [3.63, 3.8) is 0 Å². The van der Waals surface area contributed by atoms with E-state index in [2.05, 4.69) is 11.8 Å². The normalized spacial score (nSPS) is 9.50.